The summed E-state index contributed by atoms with van der Waals surface area (Å²) in [7, 11) is -4.13. The summed E-state index contributed by atoms with van der Waals surface area (Å²) in [6.07, 6.45) is 0.649. The van der Waals surface area contributed by atoms with E-state index in [0.717, 1.165) is 6.07 Å². The first-order chi connectivity index (χ1) is 9.40. The molecular formula is C12H15Cl3N2O3S. The molecule has 3 N–H and O–H groups in total. The second-order valence-corrected chi connectivity index (χ2v) is 7.79. The third kappa shape index (κ3) is 4.23. The molecule has 1 aromatic rings. The first-order valence-corrected chi connectivity index (χ1v) is 8.61. The Bertz CT molecular complexity index is 687. The van der Waals surface area contributed by atoms with Crippen LogP contribution in [0.15, 0.2) is 11.0 Å². The van der Waals surface area contributed by atoms with E-state index in [1.807, 2.05) is 6.92 Å². The number of halogens is 3. The Balaban J connectivity index is 3.50. The van der Waals surface area contributed by atoms with Crippen molar-refractivity contribution in [3.63, 3.8) is 0 Å². The van der Waals surface area contributed by atoms with Crippen molar-refractivity contribution in [2.75, 3.05) is 0 Å². The number of nitrogens with one attached hydrogen (secondary N) is 1. The zero-order valence-corrected chi connectivity index (χ0v) is 14.7. The van der Waals surface area contributed by atoms with Gasteiger partial charge in [0, 0.05) is 5.54 Å². The third-order valence-corrected chi connectivity index (χ3v) is 5.22. The van der Waals surface area contributed by atoms with Crippen LogP contribution in [0.2, 0.25) is 15.1 Å². The van der Waals surface area contributed by atoms with Crippen LogP contribution in [0.25, 0.3) is 0 Å². The van der Waals surface area contributed by atoms with Crippen LogP contribution < -0.4 is 10.5 Å². The van der Waals surface area contributed by atoms with Gasteiger partial charge in [0.1, 0.15) is 4.90 Å². The molecule has 0 saturated carbocycles. The van der Waals surface area contributed by atoms with E-state index in [4.69, 9.17) is 39.9 Å². The quantitative estimate of drug-likeness (QED) is 0.794. The van der Waals surface area contributed by atoms with Crippen molar-refractivity contribution >= 4 is 50.7 Å². The highest BCUT2D eigenvalue weighted by Gasteiger charge is 2.28. The van der Waals surface area contributed by atoms with Gasteiger partial charge in [-0.2, -0.15) is 0 Å². The van der Waals surface area contributed by atoms with Crippen LogP contribution in [0.3, 0.4) is 0 Å². The number of hydrogen-bond acceptors (Lipinski definition) is 3. The number of carbonyl (C=O) groups excluding carboxylic acids is 1. The van der Waals surface area contributed by atoms with E-state index >= 15 is 0 Å². The minimum Gasteiger partial charge on any atom is -0.347 e. The van der Waals surface area contributed by atoms with Crippen molar-refractivity contribution in [2.45, 2.75) is 37.6 Å². The lowest BCUT2D eigenvalue weighted by molar-refractivity contribution is 0.0911. The summed E-state index contributed by atoms with van der Waals surface area (Å²) < 4.78 is 23.0. The van der Waals surface area contributed by atoms with E-state index in [-0.39, 0.29) is 20.6 Å². The Morgan fingerprint density at radius 1 is 1.29 bits per heavy atom. The molecule has 0 spiro atoms. The molecule has 0 aliphatic rings. The normalized spacial score (nSPS) is 12.3. The highest BCUT2D eigenvalue weighted by molar-refractivity contribution is 7.89. The second-order valence-electron chi connectivity index (χ2n) is 5.10. The summed E-state index contributed by atoms with van der Waals surface area (Å²) in [5.41, 5.74) is -0.732. The number of amides is 1. The lowest BCUT2D eigenvalue weighted by atomic mass is 10.0. The van der Waals surface area contributed by atoms with Crippen molar-refractivity contribution < 1.29 is 13.2 Å². The van der Waals surface area contributed by atoms with Crippen LogP contribution in [0, 0.1) is 0 Å². The van der Waals surface area contributed by atoms with E-state index in [9.17, 15) is 13.2 Å². The SMILES string of the molecule is CCC(C)(C)NC(=O)c1c(Cl)c(Cl)cc(S(N)(=O)=O)c1Cl. The molecule has 0 heterocycles. The Labute approximate surface area is 138 Å². The fraction of sp³-hybridized carbons (Fsp3) is 0.417. The van der Waals surface area contributed by atoms with Gasteiger partial charge in [-0.1, -0.05) is 41.7 Å². The number of nitrogens with two attached hydrogens (primary N) is 1. The van der Waals surface area contributed by atoms with Gasteiger partial charge in [-0.3, -0.25) is 4.79 Å². The molecule has 5 nitrogen and oxygen atoms in total. The lowest BCUT2D eigenvalue weighted by Crippen LogP contribution is -2.43. The topological polar surface area (TPSA) is 89.3 Å². The maximum absolute atomic E-state index is 12.3. The molecule has 0 aliphatic heterocycles. The molecule has 21 heavy (non-hydrogen) atoms. The molecule has 0 aromatic heterocycles. The van der Waals surface area contributed by atoms with Gasteiger partial charge >= 0.3 is 0 Å². The van der Waals surface area contributed by atoms with E-state index in [1.54, 1.807) is 13.8 Å². The largest absolute Gasteiger partial charge is 0.347 e. The Morgan fingerprint density at radius 2 is 1.81 bits per heavy atom. The van der Waals surface area contributed by atoms with Gasteiger partial charge in [0.2, 0.25) is 10.0 Å². The molecule has 0 unspecified atom stereocenters. The van der Waals surface area contributed by atoms with Crippen LogP contribution in [0.1, 0.15) is 37.6 Å². The number of primary sulfonamides is 1. The zero-order valence-electron chi connectivity index (χ0n) is 11.6. The first-order valence-electron chi connectivity index (χ1n) is 5.93. The summed E-state index contributed by atoms with van der Waals surface area (Å²) in [5.74, 6) is -0.621. The highest BCUT2D eigenvalue weighted by Crippen LogP contribution is 2.36. The minimum absolute atomic E-state index is 0.121. The first kappa shape index (κ1) is 18.5. The summed E-state index contributed by atoms with van der Waals surface area (Å²) in [4.78, 5) is 11.9. The molecule has 0 atom stereocenters. The van der Waals surface area contributed by atoms with Crippen LogP contribution in [-0.4, -0.2) is 19.9 Å². The Morgan fingerprint density at radius 3 is 2.24 bits per heavy atom. The number of carbonyl (C=O) groups is 1. The van der Waals surface area contributed by atoms with Crippen LogP contribution in [0.4, 0.5) is 0 Å². The van der Waals surface area contributed by atoms with E-state index < -0.39 is 26.4 Å². The number of sulfonamides is 1. The van der Waals surface area contributed by atoms with Crippen molar-refractivity contribution in [1.29, 1.82) is 0 Å². The smallest absolute Gasteiger partial charge is 0.254 e. The van der Waals surface area contributed by atoms with Gasteiger partial charge in [0.25, 0.3) is 5.91 Å². The molecule has 9 heteroatoms. The monoisotopic (exact) mass is 372 g/mol. The molecule has 0 saturated heterocycles. The molecule has 0 bridgehead atoms. The summed E-state index contributed by atoms with van der Waals surface area (Å²) in [6, 6.07) is 1.02. The third-order valence-electron chi connectivity index (χ3n) is 2.99. The standard InChI is InChI=1S/C12H15Cl3N2O3S/c1-4-12(2,3)17-11(18)8-9(14)6(13)5-7(10(8)15)21(16,19)20/h5H,4H2,1-3H3,(H,17,18)(H2,16,19,20). The maximum Gasteiger partial charge on any atom is 0.254 e. The molecular weight excluding hydrogens is 359 g/mol. The van der Waals surface area contributed by atoms with Gasteiger partial charge in [0.05, 0.1) is 20.6 Å². The fourth-order valence-corrected chi connectivity index (χ4v) is 3.19. The average Bonchev–Trinajstić information content (AvgIpc) is 2.32. The molecule has 1 aromatic carbocycles. The van der Waals surface area contributed by atoms with Gasteiger partial charge in [-0.05, 0) is 26.3 Å². The van der Waals surface area contributed by atoms with Crippen LogP contribution in [0.5, 0.6) is 0 Å². The van der Waals surface area contributed by atoms with E-state index in [2.05, 4.69) is 5.32 Å². The average molecular weight is 374 g/mol. The van der Waals surface area contributed by atoms with Crippen molar-refractivity contribution in [1.82, 2.24) is 5.32 Å². The Hall–Kier alpha value is -0.530. The van der Waals surface area contributed by atoms with Gasteiger partial charge in [-0.25, -0.2) is 13.6 Å². The predicted molar refractivity (Wildman–Crippen MR) is 84.7 cm³/mol. The molecule has 1 amide bonds. The maximum atomic E-state index is 12.3. The second kappa shape index (κ2) is 6.30. The number of benzene rings is 1. The predicted octanol–water partition coefficient (Wildman–Crippen LogP) is 3.21. The van der Waals surface area contributed by atoms with E-state index in [1.165, 1.54) is 0 Å². The highest BCUT2D eigenvalue weighted by atomic mass is 35.5. The summed E-state index contributed by atoms with van der Waals surface area (Å²) >= 11 is 17.8. The summed E-state index contributed by atoms with van der Waals surface area (Å²) in [6.45, 7) is 5.49. The van der Waals surface area contributed by atoms with Crippen LogP contribution >= 0.6 is 34.8 Å². The van der Waals surface area contributed by atoms with Crippen LogP contribution in [-0.2, 0) is 10.0 Å². The molecule has 0 aliphatic carbocycles. The summed E-state index contributed by atoms with van der Waals surface area (Å²) in [5, 5.41) is 7.16. The zero-order chi connectivity index (χ0) is 16.6. The van der Waals surface area contributed by atoms with Gasteiger partial charge < -0.3 is 5.32 Å². The molecule has 118 valence electrons. The minimum atomic E-state index is -4.13. The van der Waals surface area contributed by atoms with Gasteiger partial charge in [0.15, 0.2) is 0 Å². The van der Waals surface area contributed by atoms with Crippen molar-refractivity contribution in [3.05, 3.63) is 26.7 Å². The molecule has 1 rings (SSSR count). The van der Waals surface area contributed by atoms with Crippen molar-refractivity contribution in [3.8, 4) is 0 Å². The van der Waals surface area contributed by atoms with Gasteiger partial charge in [-0.15, -0.1) is 0 Å². The lowest BCUT2D eigenvalue weighted by Gasteiger charge is -2.25. The fourth-order valence-electron chi connectivity index (χ4n) is 1.45. The van der Waals surface area contributed by atoms with Crippen molar-refractivity contribution in [2.24, 2.45) is 5.14 Å². The van der Waals surface area contributed by atoms with E-state index in [0.29, 0.717) is 6.42 Å². The number of rotatable bonds is 4. The number of hydrogen-bond donors (Lipinski definition) is 2. The Kier molecular flexibility index (Phi) is 5.56. The molecule has 0 radical (unpaired) electrons. The molecule has 0 fully saturated rings.